The number of hydrogen-bond donors (Lipinski definition) is 2. The van der Waals surface area contributed by atoms with Gasteiger partial charge in [0.1, 0.15) is 6.04 Å². The third-order valence-electron chi connectivity index (χ3n) is 4.77. The fourth-order valence-corrected chi connectivity index (χ4v) is 3.17. The average Bonchev–Trinajstić information content (AvgIpc) is 2.56. The molecule has 1 fully saturated rings. The number of carbonyl (C=O) groups is 2. The van der Waals surface area contributed by atoms with E-state index in [1.165, 1.54) is 0 Å². The molecule has 1 atom stereocenters. The van der Waals surface area contributed by atoms with Gasteiger partial charge in [0.25, 0.3) is 5.91 Å². The summed E-state index contributed by atoms with van der Waals surface area (Å²) in [5.41, 5.74) is 0.688. The van der Waals surface area contributed by atoms with E-state index in [0.717, 1.165) is 19.3 Å². The van der Waals surface area contributed by atoms with Crippen molar-refractivity contribution in [2.75, 3.05) is 7.11 Å². The Bertz CT molecular complexity index is 760. The Labute approximate surface area is 139 Å². The third-order valence-corrected chi connectivity index (χ3v) is 4.77. The van der Waals surface area contributed by atoms with Gasteiger partial charge in [0.05, 0.1) is 11.1 Å². The van der Waals surface area contributed by atoms with Gasteiger partial charge < -0.3 is 15.2 Å². The SMILES string of the molecule is COC1(CC(NC(=O)c2cccc3ncccc23)C(=O)O)CCC1. The summed E-state index contributed by atoms with van der Waals surface area (Å²) in [6.07, 6.45) is 4.59. The molecular formula is C18H20N2O4. The molecule has 0 spiro atoms. The van der Waals surface area contributed by atoms with Gasteiger partial charge in [-0.3, -0.25) is 9.78 Å². The van der Waals surface area contributed by atoms with Crippen molar-refractivity contribution in [1.29, 1.82) is 0 Å². The lowest BCUT2D eigenvalue weighted by Crippen LogP contribution is -2.50. The van der Waals surface area contributed by atoms with Gasteiger partial charge in [-0.1, -0.05) is 12.1 Å². The van der Waals surface area contributed by atoms with Crippen LogP contribution in [0.4, 0.5) is 0 Å². The zero-order valence-electron chi connectivity index (χ0n) is 13.5. The minimum absolute atomic E-state index is 0.271. The Balaban J connectivity index is 1.81. The molecule has 1 heterocycles. The van der Waals surface area contributed by atoms with E-state index in [4.69, 9.17) is 4.74 Å². The second kappa shape index (κ2) is 6.57. The van der Waals surface area contributed by atoms with Crippen LogP contribution < -0.4 is 5.32 Å². The minimum Gasteiger partial charge on any atom is -0.480 e. The number of methoxy groups -OCH3 is 1. The summed E-state index contributed by atoms with van der Waals surface area (Å²) in [6, 6.07) is 7.80. The lowest BCUT2D eigenvalue weighted by molar-refractivity contribution is -0.144. The first-order valence-corrected chi connectivity index (χ1v) is 7.97. The Morgan fingerprint density at radius 3 is 2.75 bits per heavy atom. The standard InChI is InChI=1S/C18H20N2O4/c1-24-18(8-4-9-18)11-15(17(22)23)20-16(21)13-5-2-7-14-12(13)6-3-10-19-14/h2-3,5-7,10,15H,4,8-9,11H2,1H3,(H,20,21)(H,22,23). The number of carboxylic acids is 1. The van der Waals surface area contributed by atoms with E-state index in [1.54, 1.807) is 37.6 Å². The molecule has 1 saturated carbocycles. The van der Waals surface area contributed by atoms with E-state index in [0.29, 0.717) is 16.5 Å². The number of rotatable bonds is 6. The first-order chi connectivity index (χ1) is 11.5. The number of aromatic nitrogens is 1. The summed E-state index contributed by atoms with van der Waals surface area (Å²) in [7, 11) is 1.59. The number of carboxylic acid groups (broad SMARTS) is 1. The molecule has 6 nitrogen and oxygen atoms in total. The average molecular weight is 328 g/mol. The van der Waals surface area contributed by atoms with Crippen molar-refractivity contribution in [3.05, 3.63) is 42.1 Å². The topological polar surface area (TPSA) is 88.5 Å². The van der Waals surface area contributed by atoms with Gasteiger partial charge in [-0.15, -0.1) is 0 Å². The van der Waals surface area contributed by atoms with Gasteiger partial charge in [-0.05, 0) is 37.5 Å². The van der Waals surface area contributed by atoms with Crippen molar-refractivity contribution in [3.63, 3.8) is 0 Å². The summed E-state index contributed by atoms with van der Waals surface area (Å²) < 4.78 is 5.49. The van der Waals surface area contributed by atoms with E-state index in [9.17, 15) is 14.7 Å². The summed E-state index contributed by atoms with van der Waals surface area (Å²) >= 11 is 0. The van der Waals surface area contributed by atoms with Crippen LogP contribution in [-0.4, -0.2) is 40.7 Å². The van der Waals surface area contributed by atoms with E-state index >= 15 is 0 Å². The molecule has 0 saturated heterocycles. The summed E-state index contributed by atoms with van der Waals surface area (Å²) in [4.78, 5) is 28.4. The highest BCUT2D eigenvalue weighted by Crippen LogP contribution is 2.39. The van der Waals surface area contributed by atoms with Gasteiger partial charge in [-0.2, -0.15) is 0 Å². The maximum absolute atomic E-state index is 12.6. The normalized spacial score (nSPS) is 17.0. The predicted octanol–water partition coefficient (Wildman–Crippen LogP) is 2.38. The van der Waals surface area contributed by atoms with E-state index in [-0.39, 0.29) is 6.42 Å². The molecule has 6 heteroatoms. The van der Waals surface area contributed by atoms with Crippen LogP contribution in [0.5, 0.6) is 0 Å². The number of fused-ring (bicyclic) bond motifs is 1. The number of pyridine rings is 1. The van der Waals surface area contributed by atoms with Gasteiger partial charge in [-0.25, -0.2) is 4.79 Å². The molecule has 1 aliphatic carbocycles. The van der Waals surface area contributed by atoms with Gasteiger partial charge in [0.15, 0.2) is 0 Å². The number of nitrogens with one attached hydrogen (secondary N) is 1. The maximum atomic E-state index is 12.6. The Kier molecular flexibility index (Phi) is 4.49. The zero-order valence-corrected chi connectivity index (χ0v) is 13.5. The number of nitrogens with zero attached hydrogens (tertiary/aromatic N) is 1. The molecule has 1 aromatic heterocycles. The van der Waals surface area contributed by atoms with Gasteiger partial charge >= 0.3 is 5.97 Å². The van der Waals surface area contributed by atoms with E-state index in [2.05, 4.69) is 10.3 Å². The molecule has 0 radical (unpaired) electrons. The predicted molar refractivity (Wildman–Crippen MR) is 88.8 cm³/mol. The van der Waals surface area contributed by atoms with Crippen molar-refractivity contribution >= 4 is 22.8 Å². The van der Waals surface area contributed by atoms with Crippen LogP contribution in [0.1, 0.15) is 36.0 Å². The van der Waals surface area contributed by atoms with Crippen molar-refractivity contribution in [2.24, 2.45) is 0 Å². The number of hydrogen-bond acceptors (Lipinski definition) is 4. The lowest BCUT2D eigenvalue weighted by atomic mass is 9.75. The van der Waals surface area contributed by atoms with Gasteiger partial charge in [0, 0.05) is 30.7 Å². The molecule has 1 unspecified atom stereocenters. The Morgan fingerprint density at radius 2 is 2.12 bits per heavy atom. The summed E-state index contributed by atoms with van der Waals surface area (Å²) in [5, 5.41) is 12.8. The minimum atomic E-state index is -1.05. The molecule has 1 aliphatic rings. The van der Waals surface area contributed by atoms with Crippen LogP contribution in [0.3, 0.4) is 0 Å². The molecule has 0 aliphatic heterocycles. The van der Waals surface area contributed by atoms with Crippen molar-refractivity contribution in [3.8, 4) is 0 Å². The van der Waals surface area contributed by atoms with Crippen molar-refractivity contribution in [1.82, 2.24) is 10.3 Å². The summed E-state index contributed by atoms with van der Waals surface area (Å²) in [6.45, 7) is 0. The Morgan fingerprint density at radius 1 is 1.33 bits per heavy atom. The largest absolute Gasteiger partial charge is 0.480 e. The molecule has 1 amide bonds. The highest BCUT2D eigenvalue weighted by Gasteiger charge is 2.41. The van der Waals surface area contributed by atoms with Crippen LogP contribution >= 0.6 is 0 Å². The molecule has 0 bridgehead atoms. The number of amides is 1. The highest BCUT2D eigenvalue weighted by molar-refractivity contribution is 6.07. The maximum Gasteiger partial charge on any atom is 0.326 e. The number of carbonyl (C=O) groups excluding carboxylic acids is 1. The zero-order chi connectivity index (χ0) is 17.2. The van der Waals surface area contributed by atoms with Crippen LogP contribution in [-0.2, 0) is 9.53 Å². The first-order valence-electron chi connectivity index (χ1n) is 7.97. The second-order valence-corrected chi connectivity index (χ2v) is 6.18. The third kappa shape index (κ3) is 3.10. The molecular weight excluding hydrogens is 308 g/mol. The quantitative estimate of drug-likeness (QED) is 0.850. The molecule has 3 rings (SSSR count). The number of ether oxygens (including phenoxy) is 1. The van der Waals surface area contributed by atoms with Crippen LogP contribution in [0.2, 0.25) is 0 Å². The van der Waals surface area contributed by atoms with Gasteiger partial charge in [0.2, 0.25) is 0 Å². The summed E-state index contributed by atoms with van der Waals surface area (Å²) in [5.74, 6) is -1.46. The fraction of sp³-hybridized carbons (Fsp3) is 0.389. The number of benzene rings is 1. The van der Waals surface area contributed by atoms with Crippen LogP contribution in [0, 0.1) is 0 Å². The van der Waals surface area contributed by atoms with E-state index in [1.807, 2.05) is 6.07 Å². The van der Waals surface area contributed by atoms with Crippen LogP contribution in [0.25, 0.3) is 10.9 Å². The van der Waals surface area contributed by atoms with Crippen LogP contribution in [0.15, 0.2) is 36.5 Å². The Hall–Kier alpha value is -2.47. The fourth-order valence-electron chi connectivity index (χ4n) is 3.17. The molecule has 2 aromatic rings. The molecule has 1 aromatic carbocycles. The highest BCUT2D eigenvalue weighted by atomic mass is 16.5. The molecule has 2 N–H and O–H groups in total. The van der Waals surface area contributed by atoms with Crippen molar-refractivity contribution in [2.45, 2.75) is 37.3 Å². The first kappa shape index (κ1) is 16.4. The molecule has 126 valence electrons. The van der Waals surface area contributed by atoms with Crippen molar-refractivity contribution < 1.29 is 19.4 Å². The monoisotopic (exact) mass is 328 g/mol. The lowest BCUT2D eigenvalue weighted by Gasteiger charge is -2.42. The van der Waals surface area contributed by atoms with E-state index < -0.39 is 23.5 Å². The smallest absolute Gasteiger partial charge is 0.326 e. The number of aliphatic carboxylic acids is 1. The molecule has 24 heavy (non-hydrogen) atoms. The second-order valence-electron chi connectivity index (χ2n) is 6.18.